The van der Waals surface area contributed by atoms with Gasteiger partial charge in [-0.1, -0.05) is 33.8 Å². The number of hydrogen-bond donors (Lipinski definition) is 0. The number of carbonyl (C=O) groups excluding carboxylic acids is 1. The van der Waals surface area contributed by atoms with Crippen molar-refractivity contribution in [3.63, 3.8) is 0 Å². The Kier molecular flexibility index (Phi) is 10.8. The Bertz CT molecular complexity index is 260. The summed E-state index contributed by atoms with van der Waals surface area (Å²) in [6, 6.07) is 0. The summed E-state index contributed by atoms with van der Waals surface area (Å²) in [5.74, 6) is -0.351. The number of rotatable bonds is 11. The highest BCUT2D eigenvalue weighted by Gasteiger charge is 2.29. The molecule has 0 heterocycles. The lowest BCUT2D eigenvalue weighted by Crippen LogP contribution is -2.41. The normalized spacial score (nSPS) is 12.5. The van der Waals surface area contributed by atoms with E-state index in [1.165, 1.54) is 0 Å². The van der Waals surface area contributed by atoms with Crippen molar-refractivity contribution in [2.24, 2.45) is 0 Å². The van der Waals surface area contributed by atoms with Crippen molar-refractivity contribution >= 4 is 15.3 Å². The minimum Gasteiger partial charge on any atom is -0.457 e. The predicted molar refractivity (Wildman–Crippen MR) is 79.2 cm³/mol. The molecule has 1 atom stereocenters. The Morgan fingerprint density at radius 1 is 1.11 bits per heavy atom. The van der Waals surface area contributed by atoms with Gasteiger partial charge in [0.1, 0.15) is 5.73 Å². The average Bonchev–Trinajstić information content (AvgIpc) is 2.38. The maximum absolute atomic E-state index is 11.7. The maximum atomic E-state index is 11.7. The lowest BCUT2D eigenvalue weighted by atomic mass is 10.3. The van der Waals surface area contributed by atoms with Gasteiger partial charge in [-0.2, -0.15) is 0 Å². The molecule has 5 heteroatoms. The summed E-state index contributed by atoms with van der Waals surface area (Å²) < 4.78 is 17.1. The zero-order valence-corrected chi connectivity index (χ0v) is 13.9. The molecule has 1 unspecified atom stereocenters. The van der Waals surface area contributed by atoms with Crippen LogP contribution in [0.2, 0.25) is 0 Å². The van der Waals surface area contributed by atoms with E-state index >= 15 is 0 Å². The molecule has 0 aromatic rings. The smallest absolute Gasteiger partial charge is 0.363 e. The Labute approximate surface area is 119 Å². The van der Waals surface area contributed by atoms with Crippen molar-refractivity contribution in [3.8, 4) is 0 Å². The van der Waals surface area contributed by atoms with E-state index in [0.29, 0.717) is 18.8 Å². The third-order valence-electron chi connectivity index (χ3n) is 2.46. The molecule has 19 heavy (non-hydrogen) atoms. The van der Waals surface area contributed by atoms with Crippen LogP contribution in [0.5, 0.6) is 0 Å². The van der Waals surface area contributed by atoms with E-state index in [9.17, 15) is 4.79 Å². The molecule has 0 fully saturated rings. The van der Waals surface area contributed by atoms with Crippen LogP contribution in [0, 0.1) is 0 Å². The van der Waals surface area contributed by atoms with Crippen LogP contribution < -0.4 is 0 Å². The summed E-state index contributed by atoms with van der Waals surface area (Å²) in [7, 11) is -1.98. The standard InChI is InChI=1S/C14H28O4Si/c1-6-9-13(18-14(15)12(4)5)19(16-10-7-2)17-11-8-3/h13,19H,4,6-11H2,1-3,5H3. The van der Waals surface area contributed by atoms with Crippen molar-refractivity contribution in [2.45, 2.75) is 59.1 Å². The van der Waals surface area contributed by atoms with Gasteiger partial charge in [-0.05, 0) is 26.2 Å². The van der Waals surface area contributed by atoms with Gasteiger partial charge in [0.15, 0.2) is 0 Å². The fraction of sp³-hybridized carbons (Fsp3) is 0.786. The molecular formula is C14H28O4Si. The van der Waals surface area contributed by atoms with Crippen LogP contribution in [-0.4, -0.2) is 34.2 Å². The Hall–Kier alpha value is -0.653. The molecule has 0 aliphatic carbocycles. The third-order valence-corrected chi connectivity index (χ3v) is 4.66. The monoisotopic (exact) mass is 288 g/mol. The van der Waals surface area contributed by atoms with Gasteiger partial charge in [-0.25, -0.2) is 4.79 Å². The molecule has 0 aliphatic rings. The third kappa shape index (κ3) is 8.18. The van der Waals surface area contributed by atoms with E-state index in [1.807, 2.05) is 0 Å². The Morgan fingerprint density at radius 2 is 1.63 bits per heavy atom. The molecule has 0 bridgehead atoms. The summed E-state index contributed by atoms with van der Waals surface area (Å²) in [4.78, 5) is 11.7. The topological polar surface area (TPSA) is 44.8 Å². The lowest BCUT2D eigenvalue weighted by Gasteiger charge is -2.25. The molecule has 0 saturated heterocycles. The molecule has 4 nitrogen and oxygen atoms in total. The van der Waals surface area contributed by atoms with Crippen molar-refractivity contribution in [1.29, 1.82) is 0 Å². The van der Waals surface area contributed by atoms with E-state index in [0.717, 1.165) is 25.7 Å². The van der Waals surface area contributed by atoms with Gasteiger partial charge in [-0.3, -0.25) is 0 Å². The van der Waals surface area contributed by atoms with Gasteiger partial charge in [-0.15, -0.1) is 0 Å². The van der Waals surface area contributed by atoms with E-state index in [-0.39, 0.29) is 11.7 Å². The molecule has 0 saturated carbocycles. The average molecular weight is 288 g/mol. The van der Waals surface area contributed by atoms with Crippen LogP contribution >= 0.6 is 0 Å². The second kappa shape index (κ2) is 11.2. The molecule has 0 aromatic carbocycles. The highest BCUT2D eigenvalue weighted by molar-refractivity contribution is 6.46. The van der Waals surface area contributed by atoms with Gasteiger partial charge in [0.25, 0.3) is 0 Å². The minimum absolute atomic E-state index is 0.229. The van der Waals surface area contributed by atoms with Crippen molar-refractivity contribution in [3.05, 3.63) is 12.2 Å². The zero-order chi connectivity index (χ0) is 14.7. The molecule has 0 rings (SSSR count). The zero-order valence-electron chi connectivity index (χ0n) is 12.7. The number of esters is 1. The van der Waals surface area contributed by atoms with E-state index in [4.69, 9.17) is 13.6 Å². The minimum atomic E-state index is -1.98. The van der Waals surface area contributed by atoms with Gasteiger partial charge < -0.3 is 13.6 Å². The largest absolute Gasteiger partial charge is 0.457 e. The van der Waals surface area contributed by atoms with Crippen LogP contribution in [0.1, 0.15) is 53.4 Å². The predicted octanol–water partition coefficient (Wildman–Crippen LogP) is 2.89. The molecule has 0 aliphatic heterocycles. The Morgan fingerprint density at radius 3 is 2.00 bits per heavy atom. The summed E-state index contributed by atoms with van der Waals surface area (Å²) in [5, 5.41) is 0. The molecule has 112 valence electrons. The van der Waals surface area contributed by atoms with Crippen molar-refractivity contribution < 1.29 is 18.4 Å². The van der Waals surface area contributed by atoms with Gasteiger partial charge in [0, 0.05) is 18.8 Å². The van der Waals surface area contributed by atoms with Crippen LogP contribution in [-0.2, 0) is 18.4 Å². The van der Waals surface area contributed by atoms with Gasteiger partial charge in [0.05, 0.1) is 0 Å². The highest BCUT2D eigenvalue weighted by Crippen LogP contribution is 2.12. The first kappa shape index (κ1) is 18.3. The quantitative estimate of drug-likeness (QED) is 0.333. The summed E-state index contributed by atoms with van der Waals surface area (Å²) in [5.41, 5.74) is 0.187. The SMILES string of the molecule is C=C(C)C(=O)OC(CCC)[SiH](OCCC)OCCC. The van der Waals surface area contributed by atoms with Crippen LogP contribution in [0.3, 0.4) is 0 Å². The van der Waals surface area contributed by atoms with E-state index in [2.05, 4.69) is 27.4 Å². The molecule has 0 radical (unpaired) electrons. The van der Waals surface area contributed by atoms with Crippen LogP contribution in [0.25, 0.3) is 0 Å². The van der Waals surface area contributed by atoms with Crippen molar-refractivity contribution in [1.82, 2.24) is 0 Å². The second-order valence-electron chi connectivity index (χ2n) is 4.62. The first-order valence-corrected chi connectivity index (χ1v) is 8.77. The summed E-state index contributed by atoms with van der Waals surface area (Å²) in [6.07, 6.45) is 3.59. The lowest BCUT2D eigenvalue weighted by molar-refractivity contribution is -0.142. The first-order valence-electron chi connectivity index (χ1n) is 7.16. The maximum Gasteiger partial charge on any atom is 0.363 e. The van der Waals surface area contributed by atoms with Gasteiger partial charge >= 0.3 is 15.3 Å². The fourth-order valence-electron chi connectivity index (χ4n) is 1.50. The first-order chi connectivity index (χ1) is 9.06. The molecule has 0 aromatic heterocycles. The Balaban J connectivity index is 4.61. The summed E-state index contributed by atoms with van der Waals surface area (Å²) >= 11 is 0. The van der Waals surface area contributed by atoms with E-state index in [1.54, 1.807) is 6.92 Å². The molecule has 0 amide bonds. The highest BCUT2D eigenvalue weighted by atomic mass is 28.3. The second-order valence-corrected chi connectivity index (χ2v) is 6.77. The fourth-order valence-corrected chi connectivity index (χ4v) is 3.81. The number of hydrogen-bond acceptors (Lipinski definition) is 4. The van der Waals surface area contributed by atoms with Crippen LogP contribution in [0.4, 0.5) is 0 Å². The van der Waals surface area contributed by atoms with E-state index < -0.39 is 9.28 Å². The van der Waals surface area contributed by atoms with Crippen molar-refractivity contribution in [2.75, 3.05) is 13.2 Å². The molecule has 0 N–H and O–H groups in total. The molecular weight excluding hydrogens is 260 g/mol. The number of carbonyl (C=O) groups is 1. The van der Waals surface area contributed by atoms with Gasteiger partial charge in [0.2, 0.25) is 0 Å². The summed E-state index contributed by atoms with van der Waals surface area (Å²) in [6.45, 7) is 12.8. The van der Waals surface area contributed by atoms with Crippen LogP contribution in [0.15, 0.2) is 12.2 Å². The molecule has 0 spiro atoms. The number of ether oxygens (including phenoxy) is 1.